The molecule has 9 heteroatoms. The Morgan fingerprint density at radius 2 is 0.426 bits per heavy atom. The van der Waals surface area contributed by atoms with Gasteiger partial charge in [-0.25, -0.2) is 0 Å². The van der Waals surface area contributed by atoms with Crippen LogP contribution in [-0.4, -0.2) is 46.0 Å². The van der Waals surface area contributed by atoms with Crippen molar-refractivity contribution in [2.45, 2.75) is 75.4 Å². The summed E-state index contributed by atoms with van der Waals surface area (Å²) in [5, 5.41) is 18.0. The van der Waals surface area contributed by atoms with Crippen LogP contribution in [0.5, 0.6) is 23.0 Å². The Balaban J connectivity index is 0.943. The van der Waals surface area contributed by atoms with Gasteiger partial charge in [-0.05, 0) is 0 Å². The van der Waals surface area contributed by atoms with E-state index in [1.807, 2.05) is 28.4 Å². The summed E-state index contributed by atoms with van der Waals surface area (Å²) in [5.74, 6) is 2.58. The van der Waals surface area contributed by atoms with Gasteiger partial charge in [0.1, 0.15) is 0 Å². The van der Waals surface area contributed by atoms with Gasteiger partial charge in [0.05, 0.1) is 0 Å². The van der Waals surface area contributed by atoms with Gasteiger partial charge in [-0.2, -0.15) is 0 Å². The van der Waals surface area contributed by atoms with Crippen molar-refractivity contribution in [3.05, 3.63) is 405 Å². The molecule has 0 bridgehead atoms. The van der Waals surface area contributed by atoms with Gasteiger partial charge in [0, 0.05) is 0 Å². The van der Waals surface area contributed by atoms with Crippen molar-refractivity contribution in [2.75, 3.05) is 28.4 Å². The molecule has 0 amide bonds. The fourth-order valence-electron chi connectivity index (χ4n) is 28.4. The molecule has 22 rings (SSSR count). The summed E-state index contributed by atoms with van der Waals surface area (Å²) in [7, 11) is 25.7. The predicted molar refractivity (Wildman–Crippen MR) is 488 cm³/mol. The van der Waals surface area contributed by atoms with E-state index in [1.165, 1.54) is 132 Å². The average Bonchev–Trinajstić information content (AvgIpc) is 1.50. The molecular weight excluding hydrogens is 1560 g/mol. The topological polar surface area (TPSA) is 36.9 Å². The fourth-order valence-corrected chi connectivity index (χ4v) is 152. The summed E-state index contributed by atoms with van der Waals surface area (Å²) in [6, 6.07) is 71.6. The molecule has 10 aliphatic rings. The molecule has 8 aliphatic carbocycles. The maximum atomic E-state index is 12.1. The Hall–Kier alpha value is -10.3. The second kappa shape index (κ2) is 24.6. The van der Waals surface area contributed by atoms with Gasteiger partial charge in [-0.1, -0.05) is 0 Å². The van der Waals surface area contributed by atoms with Crippen LogP contribution in [0.2, 0.25) is 24.1 Å². The van der Waals surface area contributed by atoms with Crippen LogP contribution in [0.15, 0.2) is 383 Å². The third-order valence-corrected chi connectivity index (χ3v) is 116. The van der Waals surface area contributed by atoms with Crippen molar-refractivity contribution in [3.63, 3.8) is 0 Å². The molecule has 115 heavy (non-hydrogen) atoms. The van der Waals surface area contributed by atoms with Crippen molar-refractivity contribution in [1.82, 2.24) is 0 Å². The van der Waals surface area contributed by atoms with Crippen LogP contribution < -0.4 is 18.9 Å². The number of halogens is 2. The molecule has 5 spiro atoms. The molecule has 562 valence electrons. The molecule has 2 aliphatic heterocycles. The normalized spacial score (nSPS) is 27.9. The van der Waals surface area contributed by atoms with Crippen LogP contribution in [-0.2, 0) is 14.9 Å². The first kappa shape index (κ1) is 71.2. The van der Waals surface area contributed by atoms with E-state index < -0.39 is 43.5 Å². The van der Waals surface area contributed by atoms with Gasteiger partial charge in [0.15, 0.2) is 0 Å². The molecule has 4 nitrogen and oxygen atoms in total. The van der Waals surface area contributed by atoms with Gasteiger partial charge < -0.3 is 0 Å². The molecule has 0 saturated carbocycles. The summed E-state index contributed by atoms with van der Waals surface area (Å²) >= 11 is -8.17. The molecule has 12 aromatic rings. The van der Waals surface area contributed by atoms with E-state index in [0.717, 1.165) is 66.1 Å². The molecule has 2 heterocycles. The summed E-state index contributed by atoms with van der Waals surface area (Å²) in [4.78, 5) is 0. The van der Waals surface area contributed by atoms with Crippen LogP contribution in [0, 0.1) is 0 Å². The van der Waals surface area contributed by atoms with Crippen molar-refractivity contribution in [2.24, 2.45) is 0 Å². The molecule has 0 aromatic heterocycles. The monoisotopic (exact) mass is 1640 g/mol. The van der Waals surface area contributed by atoms with E-state index in [2.05, 4.69) is 356 Å². The molecular formula is C106H88Cl2O4Si2Zr. The van der Waals surface area contributed by atoms with E-state index >= 15 is 0 Å². The van der Waals surface area contributed by atoms with Gasteiger partial charge in [0.2, 0.25) is 0 Å². The summed E-state index contributed by atoms with van der Waals surface area (Å²) in [6.45, 7) is 15.7. The maximum absolute atomic E-state index is 12.1. The van der Waals surface area contributed by atoms with Crippen LogP contribution in [0.3, 0.4) is 0 Å². The standard InChI is InChI=1S/2C53H44O2Si.2ClH.Zr/c2*1-32-30-46-38(48-34-18-6-12-24-40(34)50(54-3)41-25-13-7-19-35(41)48)22-10-16-28-44(46)52(32)56(5)53-33(2)31-47-39(23-11-17-29-45(47)53)49-36-20-8-14-26-42(36)51(55-4)43-27-15-9-21-37(43)49;;;/h2*6-31,38-39,56H,1-5H3;2*1H;/q;;;;+2/p-2. The number of hydrogen-bond donors (Lipinski definition) is 0. The number of hydrogen-bond acceptors (Lipinski definition) is 4. The molecule has 0 radical (unpaired) electrons. The molecule has 2 fully saturated rings. The SMILES string of the molecule is COc1c2ccccc2c(C2C=CC=CC3=C2C=C(C)[C]32[SiH](C)[C]3(C(C)=CC4=C3C=CC=CC4c3c4ccccc4c(OC)c4ccccc34)[Zr]23([Cl])([Cl])[C]2(C(C)=CC4=C2C=CC=CC4c2c4ccccc4c(OC)c4ccccc24)[SiH](C)[C]32C(C)=CC3=C2C=CC=CC3c2c3ccccc3c(OC)c3ccccc23)c2ccccc12. The zero-order chi connectivity index (χ0) is 78.3. The van der Waals surface area contributed by atoms with E-state index in [1.54, 1.807) is 0 Å². The number of allylic oxidation sites excluding steroid dienone is 32. The van der Waals surface area contributed by atoms with Gasteiger partial charge in [-0.3, -0.25) is 0 Å². The second-order valence-electron chi connectivity index (χ2n) is 34.1. The molecule has 2 saturated heterocycles. The fraction of sp³-hybridized carbons (Fsp3) is 0.170. The zero-order valence-corrected chi connectivity index (χ0v) is 72.7. The van der Waals surface area contributed by atoms with E-state index in [4.69, 9.17) is 18.9 Å². The molecule has 8 atom stereocenters. The number of methoxy groups -OCH3 is 4. The Morgan fingerprint density at radius 1 is 0.261 bits per heavy atom. The first-order valence-electron chi connectivity index (χ1n) is 40.9. The van der Waals surface area contributed by atoms with Crippen LogP contribution >= 0.6 is 17.0 Å². The van der Waals surface area contributed by atoms with E-state index in [0.29, 0.717) is 0 Å². The molecule has 12 aromatic carbocycles. The Kier molecular flexibility index (Phi) is 15.2. The molecule has 8 unspecified atom stereocenters. The Morgan fingerprint density at radius 3 is 0.591 bits per heavy atom. The minimum atomic E-state index is -8.17. The predicted octanol–water partition coefficient (Wildman–Crippen LogP) is 28.0. The number of ether oxygens (including phenoxy) is 4. The van der Waals surface area contributed by atoms with Gasteiger partial charge in [0.25, 0.3) is 0 Å². The average molecular weight is 1640 g/mol. The molecule has 0 N–H and O–H groups in total. The third kappa shape index (κ3) is 7.67. The van der Waals surface area contributed by atoms with Gasteiger partial charge >= 0.3 is 686 Å². The second-order valence-corrected chi connectivity index (χ2v) is 73.9. The summed E-state index contributed by atoms with van der Waals surface area (Å²) < 4.78 is 22.5. The van der Waals surface area contributed by atoms with E-state index in [-0.39, 0.29) is 23.7 Å². The van der Waals surface area contributed by atoms with Crippen LogP contribution in [0.1, 0.15) is 73.6 Å². The first-order chi connectivity index (χ1) is 56.1. The first-order valence-corrected chi connectivity index (χ1v) is 56.7. The van der Waals surface area contributed by atoms with Crippen LogP contribution in [0.25, 0.3) is 86.2 Å². The van der Waals surface area contributed by atoms with Crippen molar-refractivity contribution in [3.8, 4) is 23.0 Å². The Labute approximate surface area is 680 Å². The van der Waals surface area contributed by atoms with Crippen molar-refractivity contribution >= 4 is 121 Å². The van der Waals surface area contributed by atoms with Crippen LogP contribution in [0.4, 0.5) is 0 Å². The summed E-state index contributed by atoms with van der Waals surface area (Å²) in [5.41, 5.74) is 20.6. The van der Waals surface area contributed by atoms with Gasteiger partial charge in [-0.15, -0.1) is 0 Å². The zero-order valence-electron chi connectivity index (χ0n) is 66.4. The van der Waals surface area contributed by atoms with Crippen molar-refractivity contribution < 1.29 is 33.9 Å². The third-order valence-electron chi connectivity index (χ3n) is 30.9. The van der Waals surface area contributed by atoms with E-state index in [9.17, 15) is 17.0 Å². The summed E-state index contributed by atoms with van der Waals surface area (Å²) in [6.07, 6.45) is 50.0. The number of rotatable bonds is 8. The van der Waals surface area contributed by atoms with Crippen molar-refractivity contribution in [1.29, 1.82) is 0 Å². The Bertz CT molecular complexity index is 6060. The quantitative estimate of drug-likeness (QED) is 0.112. The number of fused-ring (bicyclic) bond motifs is 16. The minimum absolute atomic E-state index is 0.240. The number of benzene rings is 12.